The predicted octanol–water partition coefficient (Wildman–Crippen LogP) is 2.70. The van der Waals surface area contributed by atoms with Gasteiger partial charge in [-0.3, -0.25) is 4.99 Å². The molecule has 0 N–H and O–H groups in total. The molecule has 0 radical (unpaired) electrons. The average molecular weight is 214 g/mol. The monoisotopic (exact) mass is 214 g/mol. The molecule has 2 nitrogen and oxygen atoms in total. The Hall–Kier alpha value is -1.15. The predicted molar refractivity (Wildman–Crippen MR) is 67.6 cm³/mol. The maximum absolute atomic E-state index is 4.48. The Morgan fingerprint density at radius 2 is 2.12 bits per heavy atom. The maximum Gasteiger partial charge on any atom is 0.0668 e. The van der Waals surface area contributed by atoms with Gasteiger partial charge in [-0.1, -0.05) is 12.2 Å². The van der Waals surface area contributed by atoms with E-state index in [1.807, 2.05) is 0 Å². The number of nitrogens with zero attached hydrogens (tertiary/aromatic N) is 2. The van der Waals surface area contributed by atoms with Crippen LogP contribution in [0.5, 0.6) is 0 Å². The van der Waals surface area contributed by atoms with Crippen molar-refractivity contribution >= 4 is 6.21 Å². The lowest BCUT2D eigenvalue weighted by Gasteiger charge is -2.15. The molecule has 3 aliphatic rings. The average Bonchev–Trinajstić information content (AvgIpc) is 2.96. The Balaban J connectivity index is 1.64. The van der Waals surface area contributed by atoms with Gasteiger partial charge in [0.25, 0.3) is 0 Å². The summed E-state index contributed by atoms with van der Waals surface area (Å²) in [6, 6.07) is 0. The minimum absolute atomic E-state index is 1.07. The molecule has 1 aliphatic carbocycles. The molecule has 2 heterocycles. The highest BCUT2D eigenvalue weighted by Crippen LogP contribution is 2.29. The summed E-state index contributed by atoms with van der Waals surface area (Å²) in [6.07, 6.45) is 13.5. The molecule has 1 saturated heterocycles. The minimum Gasteiger partial charge on any atom is -0.303 e. The van der Waals surface area contributed by atoms with E-state index < -0.39 is 0 Å². The van der Waals surface area contributed by atoms with Gasteiger partial charge in [-0.2, -0.15) is 0 Å². The lowest BCUT2D eigenvalue weighted by atomic mass is 9.99. The third kappa shape index (κ3) is 1.90. The highest BCUT2D eigenvalue weighted by Gasteiger charge is 2.18. The molecule has 0 saturated carbocycles. The van der Waals surface area contributed by atoms with Gasteiger partial charge in [-0.15, -0.1) is 0 Å². The molecule has 0 aromatic heterocycles. The van der Waals surface area contributed by atoms with Gasteiger partial charge in [0.1, 0.15) is 0 Å². The summed E-state index contributed by atoms with van der Waals surface area (Å²) in [6.45, 7) is 3.80. The summed E-state index contributed by atoms with van der Waals surface area (Å²) in [7, 11) is 0. The maximum atomic E-state index is 4.48. The van der Waals surface area contributed by atoms with Gasteiger partial charge in [0.05, 0.1) is 5.70 Å². The summed E-state index contributed by atoms with van der Waals surface area (Å²) < 4.78 is 0. The number of rotatable bonds is 3. The first-order chi connectivity index (χ1) is 7.93. The molecule has 1 fully saturated rings. The van der Waals surface area contributed by atoms with Gasteiger partial charge in [0.2, 0.25) is 0 Å². The first-order valence-corrected chi connectivity index (χ1v) is 6.29. The number of allylic oxidation sites excluding steroid dienone is 4. The summed E-state index contributed by atoms with van der Waals surface area (Å²) in [5, 5.41) is 0. The fourth-order valence-corrected chi connectivity index (χ4v) is 2.69. The van der Waals surface area contributed by atoms with Crippen LogP contribution < -0.4 is 0 Å². The van der Waals surface area contributed by atoms with Crippen LogP contribution in [0.2, 0.25) is 0 Å². The number of fused-ring (bicyclic) bond motifs is 1. The first-order valence-electron chi connectivity index (χ1n) is 6.29. The van der Waals surface area contributed by atoms with Crippen molar-refractivity contribution < 1.29 is 0 Å². The summed E-state index contributed by atoms with van der Waals surface area (Å²) in [5.74, 6) is 0. The first kappa shape index (κ1) is 10.0. The second-order valence-electron chi connectivity index (χ2n) is 4.74. The fourth-order valence-electron chi connectivity index (χ4n) is 2.69. The summed E-state index contributed by atoms with van der Waals surface area (Å²) in [5.41, 5.74) is 4.11. The lowest BCUT2D eigenvalue weighted by Crippen LogP contribution is -2.20. The van der Waals surface area contributed by atoms with Gasteiger partial charge in [0, 0.05) is 12.8 Å². The zero-order valence-electron chi connectivity index (χ0n) is 9.65. The molecule has 0 aromatic carbocycles. The normalized spacial score (nSPS) is 24.1. The zero-order chi connectivity index (χ0) is 10.8. The van der Waals surface area contributed by atoms with Crippen LogP contribution in [0.1, 0.15) is 25.7 Å². The Morgan fingerprint density at radius 1 is 1.25 bits per heavy atom. The Labute approximate surface area is 97.1 Å². The van der Waals surface area contributed by atoms with Crippen LogP contribution in [0.3, 0.4) is 0 Å². The van der Waals surface area contributed by atoms with Gasteiger partial charge in [-0.05, 0) is 56.0 Å². The molecule has 16 heavy (non-hydrogen) atoms. The molecule has 0 amide bonds. The van der Waals surface area contributed by atoms with Crippen LogP contribution in [-0.2, 0) is 0 Å². The molecular weight excluding hydrogens is 196 g/mol. The highest BCUT2D eigenvalue weighted by molar-refractivity contribution is 5.86. The van der Waals surface area contributed by atoms with Crippen molar-refractivity contribution in [3.63, 3.8) is 0 Å². The van der Waals surface area contributed by atoms with Crippen molar-refractivity contribution in [2.45, 2.75) is 25.7 Å². The van der Waals surface area contributed by atoms with Crippen LogP contribution in [0, 0.1) is 0 Å². The van der Waals surface area contributed by atoms with Crippen molar-refractivity contribution in [1.82, 2.24) is 4.90 Å². The number of hydrogen-bond donors (Lipinski definition) is 0. The molecule has 0 atom stereocenters. The smallest absolute Gasteiger partial charge is 0.0668 e. The van der Waals surface area contributed by atoms with E-state index in [9.17, 15) is 0 Å². The Morgan fingerprint density at radius 3 is 3.00 bits per heavy atom. The molecule has 2 heteroatoms. The zero-order valence-corrected chi connectivity index (χ0v) is 9.65. The van der Waals surface area contributed by atoms with Gasteiger partial charge < -0.3 is 4.90 Å². The van der Waals surface area contributed by atoms with Crippen LogP contribution in [0.25, 0.3) is 0 Å². The van der Waals surface area contributed by atoms with Crippen molar-refractivity contribution in [1.29, 1.82) is 0 Å². The molecule has 0 unspecified atom stereocenters. The van der Waals surface area contributed by atoms with Crippen molar-refractivity contribution in [2.75, 3.05) is 19.6 Å². The minimum atomic E-state index is 1.07. The highest BCUT2D eigenvalue weighted by atomic mass is 15.1. The molecule has 84 valence electrons. The van der Waals surface area contributed by atoms with Crippen LogP contribution in [0.4, 0.5) is 0 Å². The lowest BCUT2D eigenvalue weighted by molar-refractivity contribution is 0.344. The van der Waals surface area contributed by atoms with E-state index in [4.69, 9.17) is 0 Å². The topological polar surface area (TPSA) is 15.6 Å². The second kappa shape index (κ2) is 4.38. The SMILES string of the molecule is C1=CCC2=C(CCN3CCCC3)C=NC2=C1. The third-order valence-electron chi connectivity index (χ3n) is 3.66. The number of hydrogen-bond acceptors (Lipinski definition) is 2. The number of aliphatic imine (C=N–C) groups is 1. The van der Waals surface area contributed by atoms with Gasteiger partial charge in [-0.25, -0.2) is 0 Å². The molecular formula is C14H18N2. The molecule has 3 rings (SSSR count). The van der Waals surface area contributed by atoms with E-state index in [0.717, 1.165) is 6.42 Å². The molecule has 0 bridgehead atoms. The van der Waals surface area contributed by atoms with Crippen molar-refractivity contribution in [2.24, 2.45) is 4.99 Å². The molecule has 2 aliphatic heterocycles. The quantitative estimate of drug-likeness (QED) is 0.705. The largest absolute Gasteiger partial charge is 0.303 e. The molecule has 0 aromatic rings. The van der Waals surface area contributed by atoms with E-state index in [0.29, 0.717) is 0 Å². The van der Waals surface area contributed by atoms with Crippen LogP contribution in [0.15, 0.2) is 40.1 Å². The van der Waals surface area contributed by atoms with E-state index in [1.54, 1.807) is 0 Å². The third-order valence-corrected chi connectivity index (χ3v) is 3.66. The van der Waals surface area contributed by atoms with E-state index in [1.165, 1.54) is 55.7 Å². The Bertz CT molecular complexity index is 393. The number of likely N-dealkylation sites (tertiary alicyclic amines) is 1. The van der Waals surface area contributed by atoms with Crippen molar-refractivity contribution in [3.8, 4) is 0 Å². The summed E-state index contributed by atoms with van der Waals surface area (Å²) >= 11 is 0. The van der Waals surface area contributed by atoms with Crippen molar-refractivity contribution in [3.05, 3.63) is 35.1 Å². The van der Waals surface area contributed by atoms with Gasteiger partial charge in [0.15, 0.2) is 0 Å². The van der Waals surface area contributed by atoms with Crippen LogP contribution >= 0.6 is 0 Å². The Kier molecular flexibility index (Phi) is 2.75. The van der Waals surface area contributed by atoms with Crippen LogP contribution in [-0.4, -0.2) is 30.7 Å². The summed E-state index contributed by atoms with van der Waals surface area (Å²) in [4.78, 5) is 7.05. The fraction of sp³-hybridized carbons (Fsp3) is 0.500. The second-order valence-corrected chi connectivity index (χ2v) is 4.74. The van der Waals surface area contributed by atoms with E-state index in [-0.39, 0.29) is 0 Å². The van der Waals surface area contributed by atoms with E-state index in [2.05, 4.69) is 34.3 Å². The van der Waals surface area contributed by atoms with E-state index >= 15 is 0 Å². The molecule has 0 spiro atoms. The van der Waals surface area contributed by atoms with Gasteiger partial charge >= 0.3 is 0 Å². The standard InChI is InChI=1S/C14H18N2/c1-2-6-14-13(5-1)12(11-15-14)7-10-16-8-3-4-9-16/h1-2,6,11H,3-5,7-10H2.